The van der Waals surface area contributed by atoms with E-state index in [9.17, 15) is 27.6 Å². The van der Waals surface area contributed by atoms with E-state index in [1.165, 1.54) is 35.8 Å². The minimum atomic E-state index is -4.11. The van der Waals surface area contributed by atoms with Gasteiger partial charge in [-0.1, -0.05) is 29.5 Å². The van der Waals surface area contributed by atoms with Crippen LogP contribution >= 0.6 is 11.3 Å². The lowest BCUT2D eigenvalue weighted by Crippen LogP contribution is -2.50. The van der Waals surface area contributed by atoms with Gasteiger partial charge in [0.1, 0.15) is 18.1 Å². The molecule has 1 aliphatic heterocycles. The van der Waals surface area contributed by atoms with Gasteiger partial charge in [-0.3, -0.25) is 14.4 Å². The standard InChI is InChI=1S/C26H28N4O8S2/c1-37-24(33)15-30-20-9-8-18(25(34)38-2)14-21(20)39-26(30)27-22(31)16-40(35,36)17-23(32)29-12-10-28(11-13-29)19-6-4-3-5-7-19/h3-9,14H,10-13,15-17H2,1-2H3. The van der Waals surface area contributed by atoms with Crippen LogP contribution < -0.4 is 9.70 Å². The normalized spacial score (nSPS) is 14.3. The predicted octanol–water partition coefficient (Wildman–Crippen LogP) is 0.853. The molecule has 14 heteroatoms. The van der Waals surface area contributed by atoms with Crippen LogP contribution in [-0.2, 0) is 40.2 Å². The third-order valence-corrected chi connectivity index (χ3v) is 8.69. The van der Waals surface area contributed by atoms with Crippen LogP contribution in [0.4, 0.5) is 5.69 Å². The summed E-state index contributed by atoms with van der Waals surface area (Å²) in [5.74, 6) is -4.52. The molecule has 3 aromatic rings. The summed E-state index contributed by atoms with van der Waals surface area (Å²) < 4.78 is 36.8. The molecule has 4 rings (SSSR count). The number of fused-ring (bicyclic) bond motifs is 1. The van der Waals surface area contributed by atoms with Gasteiger partial charge in [-0.05, 0) is 30.3 Å². The number of hydrogen-bond donors (Lipinski definition) is 0. The molecule has 12 nitrogen and oxygen atoms in total. The molecule has 40 heavy (non-hydrogen) atoms. The largest absolute Gasteiger partial charge is 0.468 e. The van der Waals surface area contributed by atoms with E-state index in [4.69, 9.17) is 9.47 Å². The van der Waals surface area contributed by atoms with Crippen molar-refractivity contribution in [3.63, 3.8) is 0 Å². The number of esters is 2. The molecular formula is C26H28N4O8S2. The third kappa shape index (κ3) is 6.93. The van der Waals surface area contributed by atoms with E-state index in [1.807, 2.05) is 30.3 Å². The summed E-state index contributed by atoms with van der Waals surface area (Å²) >= 11 is 0.993. The zero-order valence-electron chi connectivity index (χ0n) is 21.9. The number of aromatic nitrogens is 1. The second-order valence-corrected chi connectivity index (χ2v) is 12.0. The molecule has 212 valence electrons. The first-order valence-corrected chi connectivity index (χ1v) is 14.9. The number of amides is 2. The van der Waals surface area contributed by atoms with Crippen LogP contribution in [0.2, 0.25) is 0 Å². The predicted molar refractivity (Wildman–Crippen MR) is 148 cm³/mol. The number of carbonyl (C=O) groups is 4. The minimum Gasteiger partial charge on any atom is -0.468 e. The summed E-state index contributed by atoms with van der Waals surface area (Å²) in [5, 5.41) is 0. The van der Waals surface area contributed by atoms with Crippen molar-refractivity contribution in [2.24, 2.45) is 4.99 Å². The van der Waals surface area contributed by atoms with Crippen LogP contribution in [0.1, 0.15) is 10.4 Å². The Balaban J connectivity index is 1.47. The van der Waals surface area contributed by atoms with E-state index in [-0.39, 0.29) is 16.9 Å². The molecule has 1 saturated heterocycles. The monoisotopic (exact) mass is 588 g/mol. The number of methoxy groups -OCH3 is 2. The Morgan fingerprint density at radius 3 is 2.27 bits per heavy atom. The first-order valence-electron chi connectivity index (χ1n) is 12.2. The van der Waals surface area contributed by atoms with Crippen molar-refractivity contribution >= 4 is 60.8 Å². The van der Waals surface area contributed by atoms with Crippen molar-refractivity contribution < 1.29 is 37.1 Å². The SMILES string of the molecule is COC(=O)Cn1c(=NC(=O)CS(=O)(=O)CC(=O)N2CCN(c3ccccc3)CC2)sc2cc(C(=O)OC)ccc21. The Hall–Kier alpha value is -4.04. The lowest BCUT2D eigenvalue weighted by atomic mass is 10.2. The molecule has 2 amide bonds. The zero-order valence-corrected chi connectivity index (χ0v) is 23.6. The quantitative estimate of drug-likeness (QED) is 0.350. The molecule has 1 fully saturated rings. The van der Waals surface area contributed by atoms with Gasteiger partial charge in [0.25, 0.3) is 5.91 Å². The number of para-hydroxylation sites is 1. The van der Waals surface area contributed by atoms with Gasteiger partial charge in [-0.25, -0.2) is 13.2 Å². The van der Waals surface area contributed by atoms with Gasteiger partial charge in [-0.2, -0.15) is 4.99 Å². The molecule has 2 heterocycles. The van der Waals surface area contributed by atoms with Crippen LogP contribution in [0, 0.1) is 0 Å². The van der Waals surface area contributed by atoms with Crippen molar-refractivity contribution in [3.8, 4) is 0 Å². The van der Waals surface area contributed by atoms with E-state index in [1.54, 1.807) is 6.07 Å². The Bertz CT molecular complexity index is 1600. The van der Waals surface area contributed by atoms with Gasteiger partial charge >= 0.3 is 11.9 Å². The van der Waals surface area contributed by atoms with Crippen molar-refractivity contribution in [3.05, 3.63) is 58.9 Å². The molecule has 1 aliphatic rings. The Kier molecular flexibility index (Phi) is 9.00. The fraction of sp³-hybridized carbons (Fsp3) is 0.346. The maximum absolute atomic E-state index is 12.7. The summed E-state index contributed by atoms with van der Waals surface area (Å²) in [4.78, 5) is 56.9. The number of benzene rings is 2. The molecule has 0 atom stereocenters. The Labute approximate surface area is 234 Å². The van der Waals surface area contributed by atoms with E-state index in [0.717, 1.165) is 17.0 Å². The number of hydrogen-bond acceptors (Lipinski definition) is 10. The summed E-state index contributed by atoms with van der Waals surface area (Å²) in [6.07, 6.45) is 0. The highest BCUT2D eigenvalue weighted by atomic mass is 32.2. The maximum Gasteiger partial charge on any atom is 0.337 e. The number of sulfone groups is 1. The molecule has 0 unspecified atom stereocenters. The van der Waals surface area contributed by atoms with Gasteiger partial charge in [0.2, 0.25) is 5.91 Å². The third-order valence-electron chi connectivity index (χ3n) is 6.28. The van der Waals surface area contributed by atoms with Crippen LogP contribution in [0.5, 0.6) is 0 Å². The molecule has 0 aliphatic carbocycles. The molecule has 2 aromatic carbocycles. The molecule has 0 bridgehead atoms. The highest BCUT2D eigenvalue weighted by Crippen LogP contribution is 2.20. The Morgan fingerprint density at radius 1 is 0.925 bits per heavy atom. The highest BCUT2D eigenvalue weighted by molar-refractivity contribution is 7.92. The van der Waals surface area contributed by atoms with Crippen molar-refractivity contribution in [2.45, 2.75) is 6.54 Å². The van der Waals surface area contributed by atoms with Gasteiger partial charge in [-0.15, -0.1) is 0 Å². The molecule has 0 radical (unpaired) electrons. The number of rotatable bonds is 8. The smallest absolute Gasteiger partial charge is 0.337 e. The number of nitrogens with zero attached hydrogens (tertiary/aromatic N) is 4. The first kappa shape index (κ1) is 29.0. The summed E-state index contributed by atoms with van der Waals surface area (Å²) in [6, 6.07) is 14.3. The van der Waals surface area contributed by atoms with Crippen molar-refractivity contribution in [2.75, 3.05) is 56.8 Å². The highest BCUT2D eigenvalue weighted by Gasteiger charge is 2.27. The van der Waals surface area contributed by atoms with E-state index in [0.29, 0.717) is 36.4 Å². The summed E-state index contributed by atoms with van der Waals surface area (Å²) in [5.41, 5.74) is 1.77. The second kappa shape index (κ2) is 12.4. The fourth-order valence-corrected chi connectivity index (χ4v) is 6.45. The molecule has 0 spiro atoms. The summed E-state index contributed by atoms with van der Waals surface area (Å²) in [6.45, 7) is 1.57. The number of ether oxygens (including phenoxy) is 2. The number of thiazole rings is 1. The molecule has 0 saturated carbocycles. The van der Waals surface area contributed by atoms with Crippen molar-refractivity contribution in [1.29, 1.82) is 0 Å². The van der Waals surface area contributed by atoms with Gasteiger partial charge in [0.15, 0.2) is 14.6 Å². The second-order valence-electron chi connectivity index (χ2n) is 8.96. The molecule has 0 N–H and O–H groups in total. The summed E-state index contributed by atoms with van der Waals surface area (Å²) in [7, 11) is -1.66. The topological polar surface area (TPSA) is 145 Å². The van der Waals surface area contributed by atoms with Crippen LogP contribution in [0.25, 0.3) is 10.2 Å². The average Bonchev–Trinajstić information content (AvgIpc) is 3.27. The van der Waals surface area contributed by atoms with Crippen LogP contribution in [0.3, 0.4) is 0 Å². The lowest BCUT2D eigenvalue weighted by molar-refractivity contribution is -0.141. The molecular weight excluding hydrogens is 560 g/mol. The minimum absolute atomic E-state index is 0.0472. The maximum atomic E-state index is 12.7. The first-order chi connectivity index (χ1) is 19.1. The van der Waals surface area contributed by atoms with E-state index < -0.39 is 45.1 Å². The zero-order chi connectivity index (χ0) is 28.9. The number of anilines is 1. The fourth-order valence-electron chi connectivity index (χ4n) is 4.26. The molecule has 1 aromatic heterocycles. The number of carbonyl (C=O) groups excluding carboxylic acids is 4. The van der Waals surface area contributed by atoms with E-state index >= 15 is 0 Å². The number of piperazine rings is 1. The van der Waals surface area contributed by atoms with Crippen LogP contribution in [0.15, 0.2) is 53.5 Å². The average molecular weight is 589 g/mol. The van der Waals surface area contributed by atoms with E-state index in [2.05, 4.69) is 9.89 Å². The lowest BCUT2D eigenvalue weighted by Gasteiger charge is -2.36. The van der Waals surface area contributed by atoms with Gasteiger partial charge < -0.3 is 23.8 Å². The van der Waals surface area contributed by atoms with Gasteiger partial charge in [0, 0.05) is 31.9 Å². The van der Waals surface area contributed by atoms with Gasteiger partial charge in [0.05, 0.1) is 30.0 Å². The van der Waals surface area contributed by atoms with Crippen LogP contribution in [-0.4, -0.2) is 93.5 Å². The van der Waals surface area contributed by atoms with Crippen molar-refractivity contribution in [1.82, 2.24) is 9.47 Å². The Morgan fingerprint density at radius 2 is 1.62 bits per heavy atom.